The summed E-state index contributed by atoms with van der Waals surface area (Å²) in [4.78, 5) is 14.7. The molecule has 1 aliphatic rings. The lowest BCUT2D eigenvalue weighted by molar-refractivity contribution is 0.0951. The van der Waals surface area contributed by atoms with Gasteiger partial charge in [0, 0.05) is 30.9 Å². The van der Waals surface area contributed by atoms with Crippen LogP contribution < -0.4 is 10.2 Å². The number of aromatic nitrogens is 4. The Hall–Kier alpha value is -3.26. The van der Waals surface area contributed by atoms with Crippen molar-refractivity contribution in [3.05, 3.63) is 66.0 Å². The minimum atomic E-state index is -0.115. The fourth-order valence-electron chi connectivity index (χ4n) is 2.98. The fraction of sp³-hybridized carbons (Fsp3) is 0.263. The van der Waals surface area contributed by atoms with E-state index in [-0.39, 0.29) is 5.91 Å². The highest BCUT2D eigenvalue weighted by atomic mass is 16.5. The molecule has 8 heteroatoms. The van der Waals surface area contributed by atoms with E-state index in [9.17, 15) is 4.79 Å². The lowest BCUT2D eigenvalue weighted by Crippen LogP contribution is -2.36. The topological polar surface area (TPSA) is 85.2 Å². The lowest BCUT2D eigenvalue weighted by atomic mass is 10.1. The van der Waals surface area contributed by atoms with Crippen molar-refractivity contribution in [1.82, 2.24) is 25.5 Å². The maximum absolute atomic E-state index is 12.3. The first-order valence-corrected chi connectivity index (χ1v) is 8.83. The maximum atomic E-state index is 12.3. The first-order valence-electron chi connectivity index (χ1n) is 8.83. The van der Waals surface area contributed by atoms with Crippen LogP contribution in [-0.4, -0.2) is 52.4 Å². The standard InChI is InChI=1S/C19H20N6O2/c26-19(16-3-7-18(8-4-16)25-14-21-22-23-25)20-13-15-1-5-17(6-2-15)24-9-11-27-12-10-24/h1-8,14H,9-13H2,(H,20,26). The van der Waals surface area contributed by atoms with Crippen molar-refractivity contribution in [1.29, 1.82) is 0 Å². The van der Waals surface area contributed by atoms with Crippen molar-refractivity contribution in [2.24, 2.45) is 0 Å². The van der Waals surface area contributed by atoms with Crippen LogP contribution in [-0.2, 0) is 11.3 Å². The van der Waals surface area contributed by atoms with Crippen molar-refractivity contribution in [2.75, 3.05) is 31.2 Å². The largest absolute Gasteiger partial charge is 0.378 e. The van der Waals surface area contributed by atoms with Crippen LogP contribution in [0.3, 0.4) is 0 Å². The van der Waals surface area contributed by atoms with Crippen molar-refractivity contribution >= 4 is 11.6 Å². The van der Waals surface area contributed by atoms with Crippen LogP contribution in [0.4, 0.5) is 5.69 Å². The number of anilines is 1. The number of ether oxygens (including phenoxy) is 1. The van der Waals surface area contributed by atoms with Gasteiger partial charge >= 0.3 is 0 Å². The molecule has 2 heterocycles. The molecule has 0 saturated carbocycles. The number of nitrogens with one attached hydrogen (secondary N) is 1. The number of morpholine rings is 1. The third kappa shape index (κ3) is 4.12. The van der Waals surface area contributed by atoms with Crippen molar-refractivity contribution in [2.45, 2.75) is 6.54 Å². The Morgan fingerprint density at radius 3 is 2.37 bits per heavy atom. The van der Waals surface area contributed by atoms with Gasteiger partial charge in [0.25, 0.3) is 5.91 Å². The molecule has 0 atom stereocenters. The quantitative estimate of drug-likeness (QED) is 0.737. The van der Waals surface area contributed by atoms with E-state index in [1.165, 1.54) is 16.7 Å². The number of hydrogen-bond donors (Lipinski definition) is 1. The number of carbonyl (C=O) groups is 1. The van der Waals surface area contributed by atoms with Gasteiger partial charge in [-0.3, -0.25) is 4.79 Å². The third-order valence-corrected chi connectivity index (χ3v) is 4.51. The van der Waals surface area contributed by atoms with Gasteiger partial charge in [0.2, 0.25) is 0 Å². The van der Waals surface area contributed by atoms with Crippen LogP contribution in [0.1, 0.15) is 15.9 Å². The summed E-state index contributed by atoms with van der Waals surface area (Å²) < 4.78 is 6.92. The molecular weight excluding hydrogens is 344 g/mol. The summed E-state index contributed by atoms with van der Waals surface area (Å²) in [5.41, 5.74) is 3.64. The fourth-order valence-corrected chi connectivity index (χ4v) is 2.98. The average Bonchev–Trinajstić information content (AvgIpc) is 3.28. The van der Waals surface area contributed by atoms with Crippen LogP contribution in [0.2, 0.25) is 0 Å². The van der Waals surface area contributed by atoms with E-state index in [0.717, 1.165) is 37.6 Å². The first-order chi connectivity index (χ1) is 13.3. The van der Waals surface area contributed by atoms with E-state index in [1.54, 1.807) is 12.1 Å². The number of tetrazole rings is 1. The van der Waals surface area contributed by atoms with Gasteiger partial charge in [0.05, 0.1) is 18.9 Å². The van der Waals surface area contributed by atoms with E-state index in [1.807, 2.05) is 24.3 Å². The lowest BCUT2D eigenvalue weighted by Gasteiger charge is -2.28. The Balaban J connectivity index is 1.33. The Morgan fingerprint density at radius 1 is 1.00 bits per heavy atom. The highest BCUT2D eigenvalue weighted by Crippen LogP contribution is 2.16. The van der Waals surface area contributed by atoms with E-state index in [4.69, 9.17) is 4.74 Å². The summed E-state index contributed by atoms with van der Waals surface area (Å²) in [6.45, 7) is 3.85. The molecule has 0 radical (unpaired) electrons. The minimum Gasteiger partial charge on any atom is -0.378 e. The zero-order chi connectivity index (χ0) is 18.5. The number of benzene rings is 2. The Bertz CT molecular complexity index is 872. The van der Waals surface area contributed by atoms with E-state index in [2.05, 4.69) is 37.9 Å². The van der Waals surface area contributed by atoms with Crippen molar-refractivity contribution in [3.63, 3.8) is 0 Å². The van der Waals surface area contributed by atoms with Gasteiger partial charge in [-0.15, -0.1) is 5.10 Å². The summed E-state index contributed by atoms with van der Waals surface area (Å²) in [7, 11) is 0. The highest BCUT2D eigenvalue weighted by molar-refractivity contribution is 5.94. The third-order valence-electron chi connectivity index (χ3n) is 4.51. The molecule has 1 N–H and O–H groups in total. The molecule has 4 rings (SSSR count). The smallest absolute Gasteiger partial charge is 0.251 e. The van der Waals surface area contributed by atoms with Gasteiger partial charge < -0.3 is 15.0 Å². The Kier molecular flexibility index (Phi) is 5.06. The van der Waals surface area contributed by atoms with Crippen LogP contribution in [0.25, 0.3) is 5.69 Å². The van der Waals surface area contributed by atoms with Crippen molar-refractivity contribution < 1.29 is 9.53 Å². The number of hydrogen-bond acceptors (Lipinski definition) is 6. The number of rotatable bonds is 5. The molecule has 1 aromatic heterocycles. The number of nitrogens with zero attached hydrogens (tertiary/aromatic N) is 5. The summed E-state index contributed by atoms with van der Waals surface area (Å²) in [6, 6.07) is 15.4. The zero-order valence-corrected chi connectivity index (χ0v) is 14.8. The molecule has 138 valence electrons. The predicted molar refractivity (Wildman–Crippen MR) is 99.8 cm³/mol. The minimum absolute atomic E-state index is 0.115. The Labute approximate surface area is 156 Å². The summed E-state index contributed by atoms with van der Waals surface area (Å²) in [6.07, 6.45) is 1.51. The normalized spacial score (nSPS) is 14.1. The second-order valence-electron chi connectivity index (χ2n) is 6.25. The molecule has 27 heavy (non-hydrogen) atoms. The monoisotopic (exact) mass is 364 g/mol. The predicted octanol–water partition coefficient (Wildman–Crippen LogP) is 1.43. The molecule has 0 bridgehead atoms. The first kappa shape index (κ1) is 17.2. The average molecular weight is 364 g/mol. The van der Waals surface area contributed by atoms with Crippen LogP contribution in [0.15, 0.2) is 54.9 Å². The van der Waals surface area contributed by atoms with Crippen molar-refractivity contribution in [3.8, 4) is 5.69 Å². The molecule has 1 saturated heterocycles. The molecule has 1 fully saturated rings. The summed E-state index contributed by atoms with van der Waals surface area (Å²) in [5, 5.41) is 14.0. The summed E-state index contributed by atoms with van der Waals surface area (Å²) >= 11 is 0. The summed E-state index contributed by atoms with van der Waals surface area (Å²) in [5.74, 6) is -0.115. The van der Waals surface area contributed by atoms with Crippen LogP contribution >= 0.6 is 0 Å². The van der Waals surface area contributed by atoms with Gasteiger partial charge in [-0.2, -0.15) is 0 Å². The molecule has 3 aromatic rings. The molecule has 0 unspecified atom stereocenters. The second-order valence-corrected chi connectivity index (χ2v) is 6.25. The highest BCUT2D eigenvalue weighted by Gasteiger charge is 2.11. The molecule has 0 spiro atoms. The molecule has 0 aliphatic carbocycles. The molecule has 1 amide bonds. The Morgan fingerprint density at radius 2 is 1.70 bits per heavy atom. The SMILES string of the molecule is O=C(NCc1ccc(N2CCOCC2)cc1)c1ccc(-n2cnnn2)cc1. The maximum Gasteiger partial charge on any atom is 0.251 e. The molecule has 8 nitrogen and oxygen atoms in total. The van der Waals surface area contributed by atoms with Gasteiger partial charge in [-0.05, 0) is 52.4 Å². The van der Waals surface area contributed by atoms with E-state index < -0.39 is 0 Å². The second kappa shape index (κ2) is 7.96. The van der Waals surface area contributed by atoms with Gasteiger partial charge in [0.1, 0.15) is 6.33 Å². The van der Waals surface area contributed by atoms with Crippen LogP contribution in [0, 0.1) is 0 Å². The van der Waals surface area contributed by atoms with Crippen LogP contribution in [0.5, 0.6) is 0 Å². The number of carbonyl (C=O) groups excluding carboxylic acids is 1. The van der Waals surface area contributed by atoms with Gasteiger partial charge in [0.15, 0.2) is 0 Å². The van der Waals surface area contributed by atoms with E-state index in [0.29, 0.717) is 12.1 Å². The number of amides is 1. The van der Waals surface area contributed by atoms with Gasteiger partial charge in [-0.25, -0.2) is 4.68 Å². The molecular formula is C19H20N6O2. The zero-order valence-electron chi connectivity index (χ0n) is 14.8. The van der Waals surface area contributed by atoms with Gasteiger partial charge in [-0.1, -0.05) is 12.1 Å². The van der Waals surface area contributed by atoms with E-state index >= 15 is 0 Å². The molecule has 2 aromatic carbocycles. The molecule has 1 aliphatic heterocycles.